The number of allylic oxidation sites excluding steroid dienone is 2. The van der Waals surface area contributed by atoms with Crippen LogP contribution in [0.5, 0.6) is 11.5 Å². The predicted octanol–water partition coefficient (Wildman–Crippen LogP) is 8.31. The molecule has 7 rings (SSSR count). The molecule has 2 aliphatic rings. The molecule has 1 saturated heterocycles. The van der Waals surface area contributed by atoms with Crippen molar-refractivity contribution in [1.29, 1.82) is 0 Å². The number of aliphatic carboxylic acids is 1. The molecule has 0 saturated carbocycles. The summed E-state index contributed by atoms with van der Waals surface area (Å²) in [6.07, 6.45) is 5.58. The lowest BCUT2D eigenvalue weighted by atomic mass is 9.96. The zero-order valence-corrected chi connectivity index (χ0v) is 33.2. The van der Waals surface area contributed by atoms with Crippen LogP contribution in [-0.4, -0.2) is 65.5 Å². The number of aromatic nitrogens is 2. The quantitative estimate of drug-likeness (QED) is 0.103. The smallest absolute Gasteiger partial charge is 0.307 e. The Morgan fingerprint density at radius 3 is 2.52 bits per heavy atom. The number of halogens is 3. The number of ether oxygens (including phenoxy) is 2. The molecule has 0 spiro atoms. The summed E-state index contributed by atoms with van der Waals surface area (Å²) in [5, 5.41) is 22.4. The standard InChI is InChI=1S/C43H44Cl2FN5O5/c1-24-13-29(18-33(24)43(53)54)50(2)22-27-14-36(44)26(17-39(27)55-3)23-51-38-10-6-8-31(34(38)21-48-51)32-9-5-7-30(42(32)45)25-15-37(46)35(40(16-25)56-4)20-47-19-28-11-12-41(52)49-28/h5-10,13-17,21,24,28,33,47H,11-12,18-20,22-23H2,1-4H3,(H,49,52)(H,53,54)/t24?,28-,33?/m0/s1. The van der Waals surface area contributed by atoms with Crippen molar-refractivity contribution < 1.29 is 28.6 Å². The van der Waals surface area contributed by atoms with E-state index in [1.54, 1.807) is 13.2 Å². The molecule has 13 heteroatoms. The number of rotatable bonds is 14. The minimum atomic E-state index is -0.783. The van der Waals surface area contributed by atoms with Crippen LogP contribution in [-0.2, 0) is 29.2 Å². The number of hydrogen-bond donors (Lipinski definition) is 3. The highest BCUT2D eigenvalue weighted by molar-refractivity contribution is 6.36. The third kappa shape index (κ3) is 7.94. The van der Waals surface area contributed by atoms with E-state index in [-0.39, 0.29) is 24.4 Å². The van der Waals surface area contributed by atoms with Crippen LogP contribution in [0.2, 0.25) is 10.0 Å². The van der Waals surface area contributed by atoms with Gasteiger partial charge in [-0.1, -0.05) is 66.5 Å². The molecule has 1 aromatic heterocycles. The summed E-state index contributed by atoms with van der Waals surface area (Å²) < 4.78 is 29.0. The predicted molar refractivity (Wildman–Crippen MR) is 217 cm³/mol. The molecular formula is C43H44Cl2FN5O5. The first kappa shape index (κ1) is 39.1. The van der Waals surface area contributed by atoms with Crippen LogP contribution < -0.4 is 20.1 Å². The summed E-state index contributed by atoms with van der Waals surface area (Å²) in [5.74, 6) is -0.555. The van der Waals surface area contributed by atoms with Crippen LogP contribution in [0.1, 0.15) is 42.9 Å². The highest BCUT2D eigenvalue weighted by Gasteiger charge is 2.32. The van der Waals surface area contributed by atoms with E-state index in [0.717, 1.165) is 45.3 Å². The van der Waals surface area contributed by atoms with Gasteiger partial charge in [-0.25, -0.2) is 4.39 Å². The van der Waals surface area contributed by atoms with Crippen molar-refractivity contribution in [2.75, 3.05) is 27.8 Å². The number of carboxylic acids is 1. The average molecular weight is 801 g/mol. The number of hydrogen-bond acceptors (Lipinski definition) is 7. The van der Waals surface area contributed by atoms with Gasteiger partial charge >= 0.3 is 5.97 Å². The largest absolute Gasteiger partial charge is 0.496 e. The highest BCUT2D eigenvalue weighted by atomic mass is 35.5. The number of carbonyl (C=O) groups is 2. The zero-order valence-electron chi connectivity index (χ0n) is 31.7. The SMILES string of the molecule is COc1cc(Cn2ncc3c(-c4cccc(-c5cc(F)c(CNC[C@@H]6CCC(=O)N6)c(OC)c5)c4Cl)cccc32)c(Cl)cc1CN(C)C1=CC(C)C(C(=O)O)C1. The molecule has 0 bridgehead atoms. The molecule has 10 nitrogen and oxygen atoms in total. The lowest BCUT2D eigenvalue weighted by molar-refractivity contribution is -0.142. The van der Waals surface area contributed by atoms with Crippen molar-refractivity contribution in [3.05, 3.63) is 111 Å². The fourth-order valence-electron chi connectivity index (χ4n) is 7.83. The van der Waals surface area contributed by atoms with Gasteiger partial charge in [0.2, 0.25) is 5.91 Å². The van der Waals surface area contributed by atoms with Crippen LogP contribution in [0.15, 0.2) is 78.6 Å². The molecule has 1 fully saturated rings. The maximum Gasteiger partial charge on any atom is 0.307 e. The molecule has 4 aromatic carbocycles. The summed E-state index contributed by atoms with van der Waals surface area (Å²) in [6, 6.07) is 18.8. The normalized spacial score (nSPS) is 17.9. The first-order valence-electron chi connectivity index (χ1n) is 18.6. The third-order valence-electron chi connectivity index (χ3n) is 10.9. The van der Waals surface area contributed by atoms with Gasteiger partial charge in [0, 0.05) is 83.9 Å². The van der Waals surface area contributed by atoms with E-state index in [1.807, 2.05) is 79.5 Å². The van der Waals surface area contributed by atoms with Gasteiger partial charge in [-0.3, -0.25) is 14.3 Å². The number of nitrogens with zero attached hydrogens (tertiary/aromatic N) is 3. The van der Waals surface area contributed by atoms with Crippen LogP contribution in [0.25, 0.3) is 33.2 Å². The summed E-state index contributed by atoms with van der Waals surface area (Å²) in [7, 11) is 5.09. The fraction of sp³-hybridized carbons (Fsp3) is 0.326. The van der Waals surface area contributed by atoms with Gasteiger partial charge < -0.3 is 30.1 Å². The lowest BCUT2D eigenvalue weighted by Gasteiger charge is -2.23. The Morgan fingerprint density at radius 2 is 1.80 bits per heavy atom. The second kappa shape index (κ2) is 16.6. The van der Waals surface area contributed by atoms with E-state index in [9.17, 15) is 14.7 Å². The van der Waals surface area contributed by atoms with Crippen molar-refractivity contribution >= 4 is 46.0 Å². The van der Waals surface area contributed by atoms with Crippen molar-refractivity contribution in [3.63, 3.8) is 0 Å². The minimum Gasteiger partial charge on any atom is -0.496 e. The molecule has 0 radical (unpaired) electrons. The second-order valence-electron chi connectivity index (χ2n) is 14.6. The molecule has 1 amide bonds. The van der Waals surface area contributed by atoms with Crippen molar-refractivity contribution in [2.24, 2.45) is 11.8 Å². The molecular weight excluding hydrogens is 756 g/mol. The van der Waals surface area contributed by atoms with E-state index < -0.39 is 17.7 Å². The zero-order chi connectivity index (χ0) is 39.7. The molecule has 292 valence electrons. The molecule has 3 N–H and O–H groups in total. The summed E-state index contributed by atoms with van der Waals surface area (Å²) in [5.41, 5.74) is 6.85. The molecule has 2 unspecified atom stereocenters. The van der Waals surface area contributed by atoms with E-state index in [1.165, 1.54) is 13.2 Å². The second-order valence-corrected chi connectivity index (χ2v) is 15.3. The number of amides is 1. The van der Waals surface area contributed by atoms with Crippen molar-refractivity contribution in [2.45, 2.75) is 51.9 Å². The monoisotopic (exact) mass is 799 g/mol. The van der Waals surface area contributed by atoms with Gasteiger partial charge in [-0.2, -0.15) is 5.10 Å². The van der Waals surface area contributed by atoms with Gasteiger partial charge in [0.1, 0.15) is 17.3 Å². The molecule has 2 heterocycles. The Labute approximate surface area is 335 Å². The topological polar surface area (TPSA) is 118 Å². The van der Waals surface area contributed by atoms with Gasteiger partial charge in [0.15, 0.2) is 0 Å². The fourth-order valence-corrected chi connectivity index (χ4v) is 8.42. The maximum atomic E-state index is 15.7. The number of benzene rings is 4. The Balaban J connectivity index is 1.12. The van der Waals surface area contributed by atoms with Crippen molar-refractivity contribution in [1.82, 2.24) is 25.3 Å². The Bertz CT molecular complexity index is 2350. The van der Waals surface area contributed by atoms with Crippen LogP contribution in [0.4, 0.5) is 4.39 Å². The molecule has 1 aliphatic carbocycles. The first-order chi connectivity index (χ1) is 26.9. The van der Waals surface area contributed by atoms with Gasteiger partial charge in [-0.15, -0.1) is 0 Å². The molecule has 5 aromatic rings. The van der Waals surface area contributed by atoms with Crippen LogP contribution in [0, 0.1) is 17.7 Å². The highest BCUT2D eigenvalue weighted by Crippen LogP contribution is 2.41. The lowest BCUT2D eigenvalue weighted by Crippen LogP contribution is -2.35. The van der Waals surface area contributed by atoms with Crippen LogP contribution in [0.3, 0.4) is 0 Å². The van der Waals surface area contributed by atoms with Crippen molar-refractivity contribution in [3.8, 4) is 33.8 Å². The number of fused-ring (bicyclic) bond motifs is 1. The van der Waals surface area contributed by atoms with Gasteiger partial charge in [0.05, 0.1) is 43.4 Å². The third-order valence-corrected chi connectivity index (χ3v) is 11.7. The van der Waals surface area contributed by atoms with E-state index in [4.69, 9.17) is 37.8 Å². The van der Waals surface area contributed by atoms with Gasteiger partial charge in [0.25, 0.3) is 0 Å². The Hall–Kier alpha value is -5.10. The Morgan fingerprint density at radius 1 is 1.05 bits per heavy atom. The van der Waals surface area contributed by atoms with E-state index in [2.05, 4.69) is 15.5 Å². The number of nitrogens with one attached hydrogen (secondary N) is 2. The summed E-state index contributed by atoms with van der Waals surface area (Å²) in [4.78, 5) is 25.3. The maximum absolute atomic E-state index is 15.7. The summed E-state index contributed by atoms with van der Waals surface area (Å²) in [6.45, 7) is 3.60. The average Bonchev–Trinajstić information content (AvgIpc) is 3.91. The van der Waals surface area contributed by atoms with E-state index in [0.29, 0.717) is 70.7 Å². The number of carboxylic acid groups (broad SMARTS) is 1. The van der Waals surface area contributed by atoms with Crippen LogP contribution >= 0.6 is 23.2 Å². The Kier molecular flexibility index (Phi) is 11.6. The number of methoxy groups -OCH3 is 2. The number of carbonyl (C=O) groups excluding carboxylic acids is 1. The first-order valence-corrected chi connectivity index (χ1v) is 19.3. The molecule has 56 heavy (non-hydrogen) atoms. The molecule has 1 aliphatic heterocycles. The summed E-state index contributed by atoms with van der Waals surface area (Å²) >= 11 is 14.0. The van der Waals surface area contributed by atoms with E-state index >= 15 is 4.39 Å². The minimum absolute atomic E-state index is 0.0297. The molecule has 3 atom stereocenters. The van der Waals surface area contributed by atoms with Gasteiger partial charge in [-0.05, 0) is 59.4 Å².